The summed E-state index contributed by atoms with van der Waals surface area (Å²) in [5, 5.41) is 18.1. The van der Waals surface area contributed by atoms with E-state index in [4.69, 9.17) is 0 Å². The van der Waals surface area contributed by atoms with Gasteiger partial charge in [-0.3, -0.25) is 14.5 Å². The average molecular weight is 615 g/mol. The van der Waals surface area contributed by atoms with E-state index in [1.807, 2.05) is 51.1 Å². The van der Waals surface area contributed by atoms with Gasteiger partial charge in [0.25, 0.3) is 0 Å². The Hall–Kier alpha value is -2.79. The van der Waals surface area contributed by atoms with E-state index in [2.05, 4.69) is 15.5 Å². The van der Waals surface area contributed by atoms with Gasteiger partial charge in [-0.05, 0) is 69.3 Å². The van der Waals surface area contributed by atoms with E-state index in [1.165, 1.54) is 4.31 Å². The zero-order valence-corrected chi connectivity index (χ0v) is 26.8. The molecule has 0 bridgehead atoms. The molecule has 1 aliphatic rings. The first-order valence-electron chi connectivity index (χ1n) is 15.7. The van der Waals surface area contributed by atoms with Crippen LogP contribution in [0.15, 0.2) is 65.6 Å². The third-order valence-electron chi connectivity index (χ3n) is 8.16. The normalized spacial score (nSPS) is 16.9. The molecular formula is C33H50N4O5S. The van der Waals surface area contributed by atoms with Crippen LogP contribution < -0.4 is 10.6 Å². The van der Waals surface area contributed by atoms with Crippen molar-refractivity contribution in [3.8, 4) is 0 Å². The predicted octanol–water partition coefficient (Wildman–Crippen LogP) is 3.93. The molecule has 238 valence electrons. The fourth-order valence-corrected chi connectivity index (χ4v) is 7.25. The molecule has 2 aromatic carbocycles. The van der Waals surface area contributed by atoms with E-state index in [1.54, 1.807) is 30.3 Å². The minimum absolute atomic E-state index is 0.00760. The molecule has 3 atom stereocenters. The van der Waals surface area contributed by atoms with Gasteiger partial charge in [0.15, 0.2) is 0 Å². The molecule has 1 heterocycles. The van der Waals surface area contributed by atoms with Gasteiger partial charge in [0.05, 0.1) is 11.4 Å². The lowest BCUT2D eigenvalue weighted by Gasteiger charge is -2.40. The molecular weight excluding hydrogens is 564 g/mol. The van der Waals surface area contributed by atoms with Gasteiger partial charge in [-0.1, -0.05) is 68.8 Å². The molecule has 3 N–H and O–H groups in total. The van der Waals surface area contributed by atoms with Crippen molar-refractivity contribution in [1.82, 2.24) is 19.8 Å². The van der Waals surface area contributed by atoms with Crippen molar-refractivity contribution in [3.63, 3.8) is 0 Å². The number of rotatable bonds is 18. The van der Waals surface area contributed by atoms with Gasteiger partial charge in [-0.2, -0.15) is 4.31 Å². The first-order chi connectivity index (χ1) is 20.5. The van der Waals surface area contributed by atoms with Crippen LogP contribution in [0.4, 0.5) is 0 Å². The molecule has 1 fully saturated rings. The Bertz CT molecular complexity index is 1240. The summed E-state index contributed by atoms with van der Waals surface area (Å²) in [5.74, 6) is -0.144. The largest absolute Gasteiger partial charge is 0.374 e. The third kappa shape index (κ3) is 11.0. The minimum atomic E-state index is -4.04. The van der Waals surface area contributed by atoms with Gasteiger partial charge in [-0.15, -0.1) is 0 Å². The quantitative estimate of drug-likeness (QED) is 0.219. The molecule has 2 aromatic rings. The fraction of sp³-hybridized carbons (Fsp3) is 0.576. The summed E-state index contributed by atoms with van der Waals surface area (Å²) in [6.07, 6.45) is 4.70. The van der Waals surface area contributed by atoms with Crippen LogP contribution in [0.2, 0.25) is 0 Å². The molecule has 0 saturated carbocycles. The van der Waals surface area contributed by atoms with Crippen LogP contribution in [0.5, 0.6) is 0 Å². The Labute approximate surface area is 258 Å². The number of hydrogen-bond donors (Lipinski definition) is 3. The van der Waals surface area contributed by atoms with Crippen molar-refractivity contribution in [1.29, 1.82) is 0 Å². The highest BCUT2D eigenvalue weighted by Gasteiger charge is 2.43. The first kappa shape index (κ1) is 34.7. The van der Waals surface area contributed by atoms with Crippen molar-refractivity contribution >= 4 is 21.8 Å². The monoisotopic (exact) mass is 614 g/mol. The minimum Gasteiger partial charge on any atom is -0.374 e. The summed E-state index contributed by atoms with van der Waals surface area (Å²) in [7, 11) is -4.04. The number of aliphatic hydroxyl groups is 1. The summed E-state index contributed by atoms with van der Waals surface area (Å²) in [6.45, 7) is 8.53. The lowest BCUT2D eigenvalue weighted by atomic mass is 9.97. The summed E-state index contributed by atoms with van der Waals surface area (Å²) in [5.41, 5.74) is -0.963. The van der Waals surface area contributed by atoms with Crippen LogP contribution in [0.3, 0.4) is 0 Å². The van der Waals surface area contributed by atoms with E-state index in [9.17, 15) is 23.1 Å². The van der Waals surface area contributed by atoms with Crippen molar-refractivity contribution in [2.24, 2.45) is 5.92 Å². The van der Waals surface area contributed by atoms with Gasteiger partial charge in [-0.25, -0.2) is 8.42 Å². The molecule has 0 spiro atoms. The number of likely N-dealkylation sites (tertiary alicyclic amines) is 1. The van der Waals surface area contributed by atoms with Gasteiger partial charge in [0, 0.05) is 38.4 Å². The van der Waals surface area contributed by atoms with Gasteiger partial charge >= 0.3 is 0 Å². The molecule has 3 rings (SSSR count). The number of amides is 2. The van der Waals surface area contributed by atoms with Crippen LogP contribution in [0.1, 0.15) is 71.3 Å². The predicted molar refractivity (Wildman–Crippen MR) is 170 cm³/mol. The highest BCUT2D eigenvalue weighted by Crippen LogP contribution is 2.30. The van der Waals surface area contributed by atoms with Crippen LogP contribution in [-0.2, 0) is 26.0 Å². The second kappa shape index (κ2) is 16.9. The Kier molecular flexibility index (Phi) is 13.6. The maximum atomic E-state index is 13.9. The maximum Gasteiger partial charge on any atom is 0.245 e. The summed E-state index contributed by atoms with van der Waals surface area (Å²) >= 11 is 0. The standard InChI is InChI=1S/C33H50N4O5S/c1-4-27(2)25-37(43(41,42)30-17-9-6-10-18-30)33(40,24-29-15-7-5-8-16-29)20-21-34-31(38)19-13-14-28(3)35-32(39)26-36-22-11-12-23-36/h5-10,15-18,27-28,40H,4,11-14,19-26H2,1-3H3,(H,34,38)(H,35,39). The van der Waals surface area contributed by atoms with E-state index >= 15 is 0 Å². The number of sulfonamides is 1. The third-order valence-corrected chi connectivity index (χ3v) is 10.1. The van der Waals surface area contributed by atoms with E-state index in [-0.39, 0.29) is 61.0 Å². The number of carbonyl (C=O) groups is 2. The van der Waals surface area contributed by atoms with E-state index in [0.717, 1.165) is 37.9 Å². The molecule has 43 heavy (non-hydrogen) atoms. The van der Waals surface area contributed by atoms with E-state index < -0.39 is 15.7 Å². The number of benzene rings is 2. The lowest BCUT2D eigenvalue weighted by molar-refractivity contribution is -0.122. The summed E-state index contributed by atoms with van der Waals surface area (Å²) in [4.78, 5) is 27.3. The zero-order chi connectivity index (χ0) is 31.3. The fourth-order valence-electron chi connectivity index (χ4n) is 5.44. The Balaban J connectivity index is 1.63. The van der Waals surface area contributed by atoms with Crippen LogP contribution in [-0.4, -0.2) is 79.0 Å². The summed E-state index contributed by atoms with van der Waals surface area (Å²) < 4.78 is 29.1. The smallest absolute Gasteiger partial charge is 0.245 e. The van der Waals surface area contributed by atoms with Gasteiger partial charge in [0.2, 0.25) is 21.8 Å². The molecule has 2 amide bonds. The molecule has 10 heteroatoms. The van der Waals surface area contributed by atoms with Gasteiger partial charge < -0.3 is 15.7 Å². The van der Waals surface area contributed by atoms with Crippen molar-refractivity contribution in [3.05, 3.63) is 66.2 Å². The second-order valence-electron chi connectivity index (χ2n) is 12.0. The average Bonchev–Trinajstić information content (AvgIpc) is 3.49. The topological polar surface area (TPSA) is 119 Å². The highest BCUT2D eigenvalue weighted by atomic mass is 32.2. The van der Waals surface area contributed by atoms with Crippen LogP contribution in [0, 0.1) is 5.92 Å². The molecule has 1 aliphatic heterocycles. The van der Waals surface area contributed by atoms with E-state index in [0.29, 0.717) is 19.4 Å². The Morgan fingerprint density at radius 3 is 2.26 bits per heavy atom. The van der Waals surface area contributed by atoms with Crippen molar-refractivity contribution < 1.29 is 23.1 Å². The molecule has 3 unspecified atom stereocenters. The van der Waals surface area contributed by atoms with Gasteiger partial charge in [0.1, 0.15) is 5.72 Å². The molecule has 0 aromatic heterocycles. The van der Waals surface area contributed by atoms with Crippen LogP contribution >= 0.6 is 0 Å². The highest BCUT2D eigenvalue weighted by molar-refractivity contribution is 7.89. The zero-order valence-electron chi connectivity index (χ0n) is 26.0. The Morgan fingerprint density at radius 1 is 1.00 bits per heavy atom. The maximum absolute atomic E-state index is 13.9. The number of nitrogens with zero attached hydrogens (tertiary/aromatic N) is 2. The second-order valence-corrected chi connectivity index (χ2v) is 13.8. The van der Waals surface area contributed by atoms with Crippen LogP contribution in [0.25, 0.3) is 0 Å². The summed E-state index contributed by atoms with van der Waals surface area (Å²) in [6, 6.07) is 17.5. The lowest BCUT2D eigenvalue weighted by Crippen LogP contribution is -2.56. The number of nitrogens with one attached hydrogen (secondary N) is 2. The molecule has 1 saturated heterocycles. The van der Waals surface area contributed by atoms with Crippen molar-refractivity contribution in [2.75, 3.05) is 32.7 Å². The number of hydrogen-bond acceptors (Lipinski definition) is 6. The molecule has 0 radical (unpaired) electrons. The van der Waals surface area contributed by atoms with Crippen molar-refractivity contribution in [2.45, 2.75) is 88.8 Å². The molecule has 9 nitrogen and oxygen atoms in total. The Morgan fingerprint density at radius 2 is 1.63 bits per heavy atom. The first-order valence-corrected chi connectivity index (χ1v) is 17.1. The SMILES string of the molecule is CCC(C)CN(C(O)(CCNC(=O)CCCC(C)NC(=O)CN1CCCC1)Cc1ccccc1)S(=O)(=O)c1ccccc1. The molecule has 0 aliphatic carbocycles. The number of carbonyl (C=O) groups excluding carboxylic acids is 2.